The van der Waals surface area contributed by atoms with Gasteiger partial charge in [0.2, 0.25) is 0 Å². The molecule has 0 unspecified atom stereocenters. The fraction of sp³-hybridized carbons (Fsp3) is 0.238. The molecular weight excluding hydrogens is 407 g/mol. The predicted molar refractivity (Wildman–Crippen MR) is 111 cm³/mol. The molecule has 2 aromatic carbocycles. The van der Waals surface area contributed by atoms with Gasteiger partial charge >= 0.3 is 0 Å². The SMILES string of the molecule is COc1ccc(C(=O)CSc2nnc(CCNC(=O)c3ccccc3F)n2C)cc1. The third kappa shape index (κ3) is 5.24. The van der Waals surface area contributed by atoms with E-state index < -0.39 is 11.7 Å². The van der Waals surface area contributed by atoms with Gasteiger partial charge in [-0.3, -0.25) is 9.59 Å². The second-order valence-electron chi connectivity index (χ2n) is 6.38. The van der Waals surface area contributed by atoms with Crippen LogP contribution in [0.25, 0.3) is 0 Å². The lowest BCUT2D eigenvalue weighted by Gasteiger charge is -2.07. The maximum atomic E-state index is 13.6. The van der Waals surface area contributed by atoms with E-state index in [1.165, 1.54) is 30.0 Å². The average Bonchev–Trinajstić information content (AvgIpc) is 3.11. The topological polar surface area (TPSA) is 86.1 Å². The number of thioether (sulfide) groups is 1. The Kier molecular flexibility index (Phi) is 7.18. The molecule has 1 heterocycles. The van der Waals surface area contributed by atoms with Crippen molar-refractivity contribution in [2.75, 3.05) is 19.4 Å². The van der Waals surface area contributed by atoms with Gasteiger partial charge in [-0.1, -0.05) is 23.9 Å². The van der Waals surface area contributed by atoms with Crippen LogP contribution in [-0.2, 0) is 13.5 Å². The summed E-state index contributed by atoms with van der Waals surface area (Å²) in [4.78, 5) is 24.4. The zero-order valence-corrected chi connectivity index (χ0v) is 17.4. The Morgan fingerprint density at radius 2 is 1.87 bits per heavy atom. The zero-order valence-electron chi connectivity index (χ0n) is 16.6. The van der Waals surface area contributed by atoms with Gasteiger partial charge in [0.1, 0.15) is 17.4 Å². The van der Waals surface area contributed by atoms with E-state index in [4.69, 9.17) is 4.74 Å². The first-order chi connectivity index (χ1) is 14.5. The summed E-state index contributed by atoms with van der Waals surface area (Å²) in [7, 11) is 3.37. The molecule has 0 radical (unpaired) electrons. The molecule has 0 saturated heterocycles. The van der Waals surface area contributed by atoms with Crippen molar-refractivity contribution >= 4 is 23.5 Å². The Hall–Kier alpha value is -3.20. The van der Waals surface area contributed by atoms with E-state index in [0.717, 1.165) is 0 Å². The van der Waals surface area contributed by atoms with E-state index in [1.54, 1.807) is 49.1 Å². The number of ether oxygens (including phenoxy) is 1. The molecule has 3 aromatic rings. The minimum atomic E-state index is -0.561. The normalized spacial score (nSPS) is 10.6. The fourth-order valence-electron chi connectivity index (χ4n) is 2.71. The van der Waals surface area contributed by atoms with Crippen molar-refractivity contribution in [2.24, 2.45) is 7.05 Å². The monoisotopic (exact) mass is 428 g/mol. The first kappa shape index (κ1) is 21.5. The lowest BCUT2D eigenvalue weighted by molar-refractivity contribution is 0.0949. The Balaban J connectivity index is 1.51. The standard InChI is InChI=1S/C21H21FN4O3S/c1-26-19(11-12-23-20(28)16-5-3-4-6-17(16)22)24-25-21(26)30-13-18(27)14-7-9-15(29-2)10-8-14/h3-10H,11-13H2,1-2H3,(H,23,28). The van der Waals surface area contributed by atoms with Gasteiger partial charge in [0, 0.05) is 25.6 Å². The van der Waals surface area contributed by atoms with E-state index in [0.29, 0.717) is 28.7 Å². The Bertz CT molecular complexity index is 1040. The molecule has 1 aromatic heterocycles. The number of aromatic nitrogens is 3. The molecule has 0 saturated carbocycles. The van der Waals surface area contributed by atoms with Crippen LogP contribution in [0.15, 0.2) is 53.7 Å². The van der Waals surface area contributed by atoms with Crippen molar-refractivity contribution in [1.82, 2.24) is 20.1 Å². The van der Waals surface area contributed by atoms with Crippen LogP contribution in [0.2, 0.25) is 0 Å². The Labute approximate surface area is 177 Å². The van der Waals surface area contributed by atoms with Gasteiger partial charge in [0.15, 0.2) is 10.9 Å². The number of ketones is 1. The maximum absolute atomic E-state index is 13.6. The van der Waals surface area contributed by atoms with Crippen LogP contribution in [0, 0.1) is 5.82 Å². The van der Waals surface area contributed by atoms with Gasteiger partial charge < -0.3 is 14.6 Å². The first-order valence-electron chi connectivity index (χ1n) is 9.20. The molecule has 0 bridgehead atoms. The number of amides is 1. The van der Waals surface area contributed by atoms with Crippen molar-refractivity contribution in [3.8, 4) is 5.75 Å². The van der Waals surface area contributed by atoms with Crippen LogP contribution >= 0.6 is 11.8 Å². The van der Waals surface area contributed by atoms with Crippen molar-refractivity contribution in [3.63, 3.8) is 0 Å². The Morgan fingerprint density at radius 3 is 2.57 bits per heavy atom. The van der Waals surface area contributed by atoms with Crippen molar-refractivity contribution in [1.29, 1.82) is 0 Å². The number of nitrogens with one attached hydrogen (secondary N) is 1. The highest BCUT2D eigenvalue weighted by molar-refractivity contribution is 7.99. The second kappa shape index (κ2) is 10.0. The predicted octanol–water partition coefficient (Wildman–Crippen LogP) is 2.91. The number of halogens is 1. The summed E-state index contributed by atoms with van der Waals surface area (Å²) in [5.74, 6) is 0.512. The molecule has 0 fully saturated rings. The van der Waals surface area contributed by atoms with Gasteiger partial charge in [-0.25, -0.2) is 4.39 Å². The number of nitrogens with zero attached hydrogens (tertiary/aromatic N) is 3. The van der Waals surface area contributed by atoms with E-state index in [-0.39, 0.29) is 23.6 Å². The molecule has 156 valence electrons. The Morgan fingerprint density at radius 1 is 1.13 bits per heavy atom. The summed E-state index contributed by atoms with van der Waals surface area (Å²) < 4.78 is 20.5. The fourth-order valence-corrected chi connectivity index (χ4v) is 3.53. The molecule has 3 rings (SSSR count). The smallest absolute Gasteiger partial charge is 0.254 e. The number of carbonyl (C=O) groups excluding carboxylic acids is 2. The van der Waals surface area contributed by atoms with Crippen LogP contribution in [0.5, 0.6) is 5.75 Å². The van der Waals surface area contributed by atoms with Gasteiger partial charge in [-0.2, -0.15) is 0 Å². The highest BCUT2D eigenvalue weighted by atomic mass is 32.2. The van der Waals surface area contributed by atoms with E-state index in [2.05, 4.69) is 15.5 Å². The van der Waals surface area contributed by atoms with Crippen LogP contribution in [-0.4, -0.2) is 45.9 Å². The molecule has 9 heteroatoms. The molecule has 1 amide bonds. The van der Waals surface area contributed by atoms with Crippen LogP contribution in [0.3, 0.4) is 0 Å². The van der Waals surface area contributed by atoms with Crippen LogP contribution in [0.1, 0.15) is 26.5 Å². The van der Waals surface area contributed by atoms with Crippen molar-refractivity contribution < 1.29 is 18.7 Å². The largest absolute Gasteiger partial charge is 0.497 e. The maximum Gasteiger partial charge on any atom is 0.254 e. The number of Topliss-reactive ketones (excluding diaryl/α,β-unsaturated/α-hetero) is 1. The summed E-state index contributed by atoms with van der Waals surface area (Å²) in [6.45, 7) is 0.286. The highest BCUT2D eigenvalue weighted by Gasteiger charge is 2.14. The minimum absolute atomic E-state index is 0.00348. The summed E-state index contributed by atoms with van der Waals surface area (Å²) in [5.41, 5.74) is 0.602. The zero-order chi connectivity index (χ0) is 21.5. The van der Waals surface area contributed by atoms with E-state index in [9.17, 15) is 14.0 Å². The number of benzene rings is 2. The second-order valence-corrected chi connectivity index (χ2v) is 7.33. The number of hydrogen-bond acceptors (Lipinski definition) is 6. The van der Waals surface area contributed by atoms with Crippen LogP contribution in [0.4, 0.5) is 4.39 Å². The lowest BCUT2D eigenvalue weighted by atomic mass is 10.1. The molecular formula is C21H21FN4O3S. The van der Waals surface area contributed by atoms with Crippen molar-refractivity contribution in [2.45, 2.75) is 11.6 Å². The number of methoxy groups -OCH3 is 1. The quantitative estimate of drug-likeness (QED) is 0.417. The number of hydrogen-bond donors (Lipinski definition) is 1. The van der Waals surface area contributed by atoms with Crippen LogP contribution < -0.4 is 10.1 Å². The average molecular weight is 428 g/mol. The van der Waals surface area contributed by atoms with E-state index in [1.807, 2.05) is 0 Å². The lowest BCUT2D eigenvalue weighted by Crippen LogP contribution is -2.27. The minimum Gasteiger partial charge on any atom is -0.497 e. The number of rotatable bonds is 9. The molecule has 0 aliphatic rings. The summed E-state index contributed by atoms with van der Waals surface area (Å²) in [5, 5.41) is 11.5. The van der Waals surface area contributed by atoms with Crippen molar-refractivity contribution in [3.05, 3.63) is 71.3 Å². The molecule has 0 spiro atoms. The first-order valence-corrected chi connectivity index (χ1v) is 10.2. The third-order valence-corrected chi connectivity index (χ3v) is 5.44. The molecule has 0 aliphatic heterocycles. The molecule has 30 heavy (non-hydrogen) atoms. The van der Waals surface area contributed by atoms with Gasteiger partial charge in [-0.15, -0.1) is 10.2 Å². The summed E-state index contributed by atoms with van der Waals surface area (Å²) in [6, 6.07) is 12.8. The summed E-state index contributed by atoms with van der Waals surface area (Å²) in [6.07, 6.45) is 0.427. The van der Waals surface area contributed by atoms with Gasteiger partial charge in [0.05, 0.1) is 18.4 Å². The highest BCUT2D eigenvalue weighted by Crippen LogP contribution is 2.19. The van der Waals surface area contributed by atoms with E-state index >= 15 is 0 Å². The molecule has 0 aliphatic carbocycles. The third-order valence-electron chi connectivity index (χ3n) is 4.42. The molecule has 0 atom stereocenters. The number of carbonyl (C=O) groups is 2. The molecule has 7 nitrogen and oxygen atoms in total. The molecule has 1 N–H and O–H groups in total. The van der Waals surface area contributed by atoms with Gasteiger partial charge in [-0.05, 0) is 36.4 Å². The van der Waals surface area contributed by atoms with Gasteiger partial charge in [0.25, 0.3) is 5.91 Å². The summed E-state index contributed by atoms with van der Waals surface area (Å²) >= 11 is 1.29.